The zero-order valence-electron chi connectivity index (χ0n) is 13.2. The van der Waals surface area contributed by atoms with Gasteiger partial charge < -0.3 is 15.0 Å². The van der Waals surface area contributed by atoms with Gasteiger partial charge in [0, 0.05) is 12.4 Å². The van der Waals surface area contributed by atoms with Gasteiger partial charge in [0.2, 0.25) is 11.7 Å². The van der Waals surface area contributed by atoms with E-state index in [2.05, 4.69) is 30.6 Å². The highest BCUT2D eigenvalue weighted by Gasteiger charge is 2.39. The first kappa shape index (κ1) is 15.9. The van der Waals surface area contributed by atoms with E-state index in [1.54, 1.807) is 6.07 Å². The van der Waals surface area contributed by atoms with E-state index < -0.39 is 11.6 Å². The van der Waals surface area contributed by atoms with Crippen LogP contribution in [-0.2, 0) is 5.54 Å². The van der Waals surface area contributed by atoms with Gasteiger partial charge in [0.25, 0.3) is 5.56 Å². The third-order valence-electron chi connectivity index (χ3n) is 4.04. The fourth-order valence-corrected chi connectivity index (χ4v) is 2.89. The van der Waals surface area contributed by atoms with Gasteiger partial charge in [-0.05, 0) is 18.9 Å². The molecule has 1 aliphatic carbocycles. The smallest absolute Gasteiger partial charge is 0.322 e. The Morgan fingerprint density at radius 2 is 1.96 bits per heavy atom. The second kappa shape index (κ2) is 6.65. The van der Waals surface area contributed by atoms with Crippen LogP contribution in [-0.4, -0.2) is 33.1 Å². The minimum absolute atomic E-state index is 0.133. The van der Waals surface area contributed by atoms with E-state index in [0.29, 0.717) is 18.7 Å². The number of methoxy groups -OCH3 is 1. The molecule has 0 aliphatic heterocycles. The van der Waals surface area contributed by atoms with Crippen LogP contribution in [0.15, 0.2) is 29.5 Å². The number of ether oxygens (including phenoxy) is 1. The fraction of sp³-hybridized carbons (Fsp3) is 0.400. The Morgan fingerprint density at radius 3 is 2.58 bits per heavy atom. The number of nitrogens with one attached hydrogen (secondary N) is 3. The van der Waals surface area contributed by atoms with Crippen LogP contribution >= 0.6 is 0 Å². The lowest BCUT2D eigenvalue weighted by Crippen LogP contribution is -2.47. The molecule has 2 amide bonds. The van der Waals surface area contributed by atoms with Gasteiger partial charge in [0.15, 0.2) is 0 Å². The molecular weight excluding hydrogens is 312 g/mol. The molecule has 0 radical (unpaired) electrons. The molecule has 9 heteroatoms. The van der Waals surface area contributed by atoms with E-state index >= 15 is 0 Å². The summed E-state index contributed by atoms with van der Waals surface area (Å²) in [5, 5.41) is 5.50. The fourth-order valence-electron chi connectivity index (χ4n) is 2.89. The molecule has 2 heterocycles. The Kier molecular flexibility index (Phi) is 4.41. The number of urea groups is 1. The SMILES string of the molecule is COc1cnc(C2(NC(=O)Nc3ncccn3)CCCC2)[nH]c1=O. The summed E-state index contributed by atoms with van der Waals surface area (Å²) in [6.07, 6.45) is 7.67. The lowest BCUT2D eigenvalue weighted by atomic mass is 9.96. The maximum Gasteiger partial charge on any atom is 0.322 e. The monoisotopic (exact) mass is 330 g/mol. The molecule has 1 aliphatic rings. The van der Waals surface area contributed by atoms with Crippen molar-refractivity contribution in [3.8, 4) is 5.75 Å². The Morgan fingerprint density at radius 1 is 1.25 bits per heavy atom. The topological polar surface area (TPSA) is 122 Å². The van der Waals surface area contributed by atoms with Crippen LogP contribution < -0.4 is 20.9 Å². The molecular formula is C15H18N6O3. The number of nitrogens with zero attached hydrogens (tertiary/aromatic N) is 3. The van der Waals surface area contributed by atoms with Crippen LogP contribution in [0.2, 0.25) is 0 Å². The number of aromatic amines is 1. The first-order valence-corrected chi connectivity index (χ1v) is 7.63. The normalized spacial score (nSPS) is 15.7. The van der Waals surface area contributed by atoms with Crippen LogP contribution in [0.1, 0.15) is 31.5 Å². The quantitative estimate of drug-likeness (QED) is 0.773. The van der Waals surface area contributed by atoms with Crippen LogP contribution in [0.4, 0.5) is 10.7 Å². The van der Waals surface area contributed by atoms with E-state index in [1.807, 2.05) is 0 Å². The van der Waals surface area contributed by atoms with Crippen LogP contribution in [0.3, 0.4) is 0 Å². The molecule has 3 rings (SSSR count). The molecule has 126 valence electrons. The zero-order chi connectivity index (χ0) is 17.0. The highest BCUT2D eigenvalue weighted by Crippen LogP contribution is 2.36. The van der Waals surface area contributed by atoms with E-state index in [0.717, 1.165) is 12.8 Å². The molecule has 0 saturated heterocycles. The van der Waals surface area contributed by atoms with Crippen molar-refractivity contribution in [1.29, 1.82) is 0 Å². The standard InChI is InChI=1S/C15H18N6O3/c1-24-10-9-18-12(19-11(10)22)15(5-2-3-6-15)21-14(23)20-13-16-7-4-8-17-13/h4,7-9H,2-3,5-6H2,1H3,(H,18,19,22)(H2,16,17,20,21,23). The Balaban J connectivity index is 1.82. The van der Waals surface area contributed by atoms with Gasteiger partial charge in [-0.2, -0.15) is 0 Å². The molecule has 0 aromatic carbocycles. The second-order valence-electron chi connectivity index (χ2n) is 5.57. The molecule has 2 aromatic rings. The number of aromatic nitrogens is 4. The summed E-state index contributed by atoms with van der Waals surface area (Å²) in [6, 6.07) is 1.22. The number of hydrogen-bond acceptors (Lipinski definition) is 6. The Labute approximate surface area is 137 Å². The maximum absolute atomic E-state index is 12.3. The Hall–Kier alpha value is -2.97. The largest absolute Gasteiger partial charge is 0.490 e. The molecule has 2 aromatic heterocycles. The number of H-pyrrole nitrogens is 1. The van der Waals surface area contributed by atoms with Gasteiger partial charge in [0.1, 0.15) is 5.82 Å². The van der Waals surface area contributed by atoms with E-state index in [4.69, 9.17) is 4.74 Å². The van der Waals surface area contributed by atoms with Crippen molar-refractivity contribution in [2.75, 3.05) is 12.4 Å². The maximum atomic E-state index is 12.3. The average Bonchev–Trinajstić information content (AvgIpc) is 3.05. The van der Waals surface area contributed by atoms with Crippen LogP contribution in [0.5, 0.6) is 5.75 Å². The number of hydrogen-bond donors (Lipinski definition) is 3. The van der Waals surface area contributed by atoms with Gasteiger partial charge >= 0.3 is 6.03 Å². The molecule has 0 atom stereocenters. The van der Waals surface area contributed by atoms with Crippen molar-refractivity contribution in [3.05, 3.63) is 40.8 Å². The molecule has 1 fully saturated rings. The van der Waals surface area contributed by atoms with Crippen molar-refractivity contribution >= 4 is 12.0 Å². The molecule has 0 unspecified atom stereocenters. The molecule has 24 heavy (non-hydrogen) atoms. The molecule has 0 spiro atoms. The van der Waals surface area contributed by atoms with Gasteiger partial charge in [0.05, 0.1) is 18.8 Å². The molecule has 3 N–H and O–H groups in total. The minimum Gasteiger partial charge on any atom is -0.490 e. The van der Waals surface area contributed by atoms with Gasteiger partial charge in [-0.25, -0.2) is 19.7 Å². The summed E-state index contributed by atoms with van der Waals surface area (Å²) in [5.74, 6) is 0.767. The first-order valence-electron chi connectivity index (χ1n) is 7.63. The van der Waals surface area contributed by atoms with Gasteiger partial charge in [-0.15, -0.1) is 0 Å². The molecule has 0 bridgehead atoms. The van der Waals surface area contributed by atoms with Crippen LogP contribution in [0, 0.1) is 0 Å². The number of carbonyl (C=O) groups excluding carboxylic acids is 1. The third-order valence-corrected chi connectivity index (χ3v) is 4.04. The summed E-state index contributed by atoms with van der Waals surface area (Å²) >= 11 is 0. The van der Waals surface area contributed by atoms with Crippen LogP contribution in [0.25, 0.3) is 0 Å². The number of anilines is 1. The van der Waals surface area contributed by atoms with Crippen molar-refractivity contribution in [1.82, 2.24) is 25.3 Å². The predicted octanol–water partition coefficient (Wildman–Crippen LogP) is 1.16. The second-order valence-corrected chi connectivity index (χ2v) is 5.57. The third kappa shape index (κ3) is 3.19. The van der Waals surface area contributed by atoms with E-state index in [9.17, 15) is 9.59 Å². The van der Waals surface area contributed by atoms with Crippen molar-refractivity contribution in [2.45, 2.75) is 31.2 Å². The predicted molar refractivity (Wildman–Crippen MR) is 85.7 cm³/mol. The van der Waals surface area contributed by atoms with E-state index in [1.165, 1.54) is 25.7 Å². The highest BCUT2D eigenvalue weighted by molar-refractivity contribution is 5.87. The van der Waals surface area contributed by atoms with Crippen molar-refractivity contribution < 1.29 is 9.53 Å². The Bertz CT molecular complexity index is 770. The summed E-state index contributed by atoms with van der Waals surface area (Å²) in [5.41, 5.74) is -1.09. The first-order chi connectivity index (χ1) is 11.6. The summed E-state index contributed by atoms with van der Waals surface area (Å²) in [7, 11) is 1.41. The molecule has 9 nitrogen and oxygen atoms in total. The average molecular weight is 330 g/mol. The van der Waals surface area contributed by atoms with Gasteiger partial charge in [-0.3, -0.25) is 10.1 Å². The zero-order valence-corrected chi connectivity index (χ0v) is 13.2. The lowest BCUT2D eigenvalue weighted by molar-refractivity contribution is 0.233. The van der Waals surface area contributed by atoms with Crippen molar-refractivity contribution in [2.24, 2.45) is 0 Å². The molecule has 1 saturated carbocycles. The number of amides is 2. The summed E-state index contributed by atoms with van der Waals surface area (Å²) < 4.78 is 4.93. The summed E-state index contributed by atoms with van der Waals surface area (Å²) in [4.78, 5) is 39.2. The number of carbonyl (C=O) groups is 1. The number of rotatable bonds is 4. The van der Waals surface area contributed by atoms with Crippen molar-refractivity contribution in [3.63, 3.8) is 0 Å². The lowest BCUT2D eigenvalue weighted by Gasteiger charge is -2.29. The van der Waals surface area contributed by atoms with E-state index in [-0.39, 0.29) is 17.3 Å². The minimum atomic E-state index is -0.718. The highest BCUT2D eigenvalue weighted by atomic mass is 16.5. The summed E-state index contributed by atoms with van der Waals surface area (Å²) in [6.45, 7) is 0. The van der Waals surface area contributed by atoms with Gasteiger partial charge in [-0.1, -0.05) is 12.8 Å².